The first-order valence-corrected chi connectivity index (χ1v) is 12.4. The number of aryl methyl sites for hydroxylation is 1. The number of nitrogen functional groups attached to an aromatic ring is 1. The molecule has 4 aromatic heterocycles. The smallest absolute Gasteiger partial charge is 0.243 e. The number of rotatable bonds is 5. The van der Waals surface area contributed by atoms with E-state index < -0.39 is 0 Å². The summed E-state index contributed by atoms with van der Waals surface area (Å²) >= 11 is 0. The molecular formula is C25H33N9O. The Morgan fingerprint density at radius 3 is 2.57 bits per heavy atom. The summed E-state index contributed by atoms with van der Waals surface area (Å²) < 4.78 is 9.40. The number of aromatic nitrogens is 6. The largest absolute Gasteiger partial charge is 0.382 e. The van der Waals surface area contributed by atoms with Gasteiger partial charge in [0.1, 0.15) is 16.9 Å². The number of fused-ring (bicyclic) bond motifs is 2. The highest BCUT2D eigenvalue weighted by Gasteiger charge is 2.40. The quantitative estimate of drug-likeness (QED) is 0.452. The summed E-state index contributed by atoms with van der Waals surface area (Å²) in [6.45, 7) is 12.3. The van der Waals surface area contributed by atoms with E-state index in [-0.39, 0.29) is 11.6 Å². The molecule has 2 saturated heterocycles. The van der Waals surface area contributed by atoms with Crippen LogP contribution in [-0.4, -0.2) is 71.9 Å². The second kappa shape index (κ2) is 8.17. The molecule has 0 aliphatic carbocycles. The SMILES string of the molecule is Cc1nc2ccc(-c3ccn4nc(NC5CCN(C6(C)COC6)CC5)nc(N)c34)nc2n1C(C)C. The molecule has 0 bridgehead atoms. The van der Waals surface area contributed by atoms with Crippen molar-refractivity contribution in [1.29, 1.82) is 0 Å². The highest BCUT2D eigenvalue weighted by atomic mass is 16.5. The fourth-order valence-electron chi connectivity index (χ4n) is 5.50. The van der Waals surface area contributed by atoms with Gasteiger partial charge in [0.2, 0.25) is 5.95 Å². The van der Waals surface area contributed by atoms with Crippen LogP contribution in [0.5, 0.6) is 0 Å². The molecule has 10 heteroatoms. The maximum atomic E-state index is 6.47. The first-order valence-electron chi connectivity index (χ1n) is 12.4. The minimum absolute atomic E-state index is 0.203. The molecule has 6 heterocycles. The lowest BCUT2D eigenvalue weighted by atomic mass is 9.93. The fraction of sp³-hybridized carbons (Fsp3) is 0.520. The van der Waals surface area contributed by atoms with Crippen molar-refractivity contribution in [2.45, 2.75) is 58.2 Å². The number of hydrogen-bond donors (Lipinski definition) is 2. The summed E-state index contributed by atoms with van der Waals surface area (Å²) in [4.78, 5) is 16.8. The van der Waals surface area contributed by atoms with E-state index in [1.807, 2.05) is 31.3 Å². The Hall–Kier alpha value is -3.24. The lowest BCUT2D eigenvalue weighted by Gasteiger charge is -2.49. The molecule has 0 spiro atoms. The Morgan fingerprint density at radius 1 is 1.11 bits per heavy atom. The molecule has 2 aliphatic heterocycles. The van der Waals surface area contributed by atoms with Gasteiger partial charge in [-0.25, -0.2) is 14.5 Å². The van der Waals surface area contributed by atoms with Crippen LogP contribution >= 0.6 is 0 Å². The van der Waals surface area contributed by atoms with Gasteiger partial charge in [-0.3, -0.25) is 4.90 Å². The van der Waals surface area contributed by atoms with Crippen LogP contribution in [0.1, 0.15) is 45.5 Å². The molecule has 0 unspecified atom stereocenters. The summed E-state index contributed by atoms with van der Waals surface area (Å²) in [6, 6.07) is 6.60. The topological polar surface area (TPSA) is 111 Å². The van der Waals surface area contributed by atoms with E-state index in [4.69, 9.17) is 20.6 Å². The van der Waals surface area contributed by atoms with Crippen LogP contribution in [0.15, 0.2) is 24.4 Å². The van der Waals surface area contributed by atoms with E-state index in [2.05, 4.69) is 45.5 Å². The molecule has 0 amide bonds. The number of hydrogen-bond acceptors (Lipinski definition) is 8. The van der Waals surface area contributed by atoms with Crippen molar-refractivity contribution in [3.8, 4) is 11.3 Å². The molecule has 0 saturated carbocycles. The zero-order valence-electron chi connectivity index (χ0n) is 20.8. The lowest BCUT2D eigenvalue weighted by molar-refractivity contribution is -0.135. The van der Waals surface area contributed by atoms with Crippen molar-refractivity contribution in [3.05, 3.63) is 30.2 Å². The molecular weight excluding hydrogens is 442 g/mol. The second-order valence-corrected chi connectivity index (χ2v) is 10.4. The van der Waals surface area contributed by atoms with Crippen LogP contribution in [0.25, 0.3) is 27.9 Å². The average molecular weight is 476 g/mol. The Morgan fingerprint density at radius 2 is 1.89 bits per heavy atom. The van der Waals surface area contributed by atoms with E-state index >= 15 is 0 Å². The molecule has 0 radical (unpaired) electrons. The Labute approximate surface area is 204 Å². The molecule has 2 aliphatic rings. The minimum atomic E-state index is 0.203. The van der Waals surface area contributed by atoms with Gasteiger partial charge in [0.25, 0.3) is 0 Å². The van der Waals surface area contributed by atoms with E-state index in [9.17, 15) is 0 Å². The van der Waals surface area contributed by atoms with Crippen molar-refractivity contribution < 1.29 is 4.74 Å². The number of nitrogens with two attached hydrogens (primary N) is 1. The maximum Gasteiger partial charge on any atom is 0.243 e. The Kier molecular flexibility index (Phi) is 5.19. The van der Waals surface area contributed by atoms with Gasteiger partial charge in [-0.15, -0.1) is 5.10 Å². The third-order valence-corrected chi connectivity index (χ3v) is 7.46. The minimum Gasteiger partial charge on any atom is -0.382 e. The van der Waals surface area contributed by atoms with Gasteiger partial charge < -0.3 is 20.4 Å². The number of nitrogens with one attached hydrogen (secondary N) is 1. The van der Waals surface area contributed by atoms with Gasteiger partial charge in [0.05, 0.1) is 24.4 Å². The summed E-state index contributed by atoms with van der Waals surface area (Å²) in [6.07, 6.45) is 4.01. The molecule has 3 N–H and O–H groups in total. The number of imidazole rings is 1. The highest BCUT2D eigenvalue weighted by Crippen LogP contribution is 2.31. The molecule has 184 valence electrons. The third-order valence-electron chi connectivity index (χ3n) is 7.46. The molecule has 0 aromatic carbocycles. The number of likely N-dealkylation sites (tertiary alicyclic amines) is 1. The molecule has 6 rings (SSSR count). The van der Waals surface area contributed by atoms with E-state index in [1.165, 1.54) is 0 Å². The maximum absolute atomic E-state index is 6.47. The lowest BCUT2D eigenvalue weighted by Crippen LogP contribution is -2.62. The van der Waals surface area contributed by atoms with Gasteiger partial charge >= 0.3 is 0 Å². The van der Waals surface area contributed by atoms with E-state index in [1.54, 1.807) is 4.52 Å². The van der Waals surface area contributed by atoms with Gasteiger partial charge in [0, 0.05) is 36.9 Å². The predicted octanol–water partition coefficient (Wildman–Crippen LogP) is 3.28. The molecule has 0 atom stereocenters. The van der Waals surface area contributed by atoms with Crippen molar-refractivity contribution in [3.63, 3.8) is 0 Å². The van der Waals surface area contributed by atoms with Crippen LogP contribution in [0.4, 0.5) is 11.8 Å². The van der Waals surface area contributed by atoms with Gasteiger partial charge in [-0.2, -0.15) is 4.98 Å². The van der Waals surface area contributed by atoms with Crippen LogP contribution in [0, 0.1) is 6.92 Å². The molecule has 10 nitrogen and oxygen atoms in total. The van der Waals surface area contributed by atoms with Crippen molar-refractivity contribution in [2.75, 3.05) is 37.4 Å². The third kappa shape index (κ3) is 3.71. The average Bonchev–Trinajstić information content (AvgIpc) is 3.38. The van der Waals surface area contributed by atoms with Gasteiger partial charge in [-0.1, -0.05) is 0 Å². The summed E-state index contributed by atoms with van der Waals surface area (Å²) in [7, 11) is 0. The van der Waals surface area contributed by atoms with Crippen molar-refractivity contribution in [1.82, 2.24) is 34.0 Å². The molecule has 2 fully saturated rings. The monoisotopic (exact) mass is 475 g/mol. The van der Waals surface area contributed by atoms with Gasteiger partial charge in [0.15, 0.2) is 11.5 Å². The number of anilines is 2. The normalized spacial score (nSPS) is 19.0. The number of nitrogens with zero attached hydrogens (tertiary/aromatic N) is 7. The van der Waals surface area contributed by atoms with Crippen molar-refractivity contribution >= 4 is 28.4 Å². The molecule has 35 heavy (non-hydrogen) atoms. The predicted molar refractivity (Wildman–Crippen MR) is 136 cm³/mol. The summed E-state index contributed by atoms with van der Waals surface area (Å²) in [5, 5.41) is 8.23. The van der Waals surface area contributed by atoms with Crippen molar-refractivity contribution in [2.24, 2.45) is 0 Å². The second-order valence-electron chi connectivity index (χ2n) is 10.4. The number of ether oxygens (including phenoxy) is 1. The zero-order chi connectivity index (χ0) is 24.3. The molecule has 4 aromatic rings. The first-order chi connectivity index (χ1) is 16.8. The van der Waals surface area contributed by atoms with Gasteiger partial charge in [-0.05, 0) is 58.7 Å². The van der Waals surface area contributed by atoms with Crippen LogP contribution < -0.4 is 11.1 Å². The van der Waals surface area contributed by atoms with Crippen LogP contribution in [-0.2, 0) is 4.74 Å². The summed E-state index contributed by atoms with van der Waals surface area (Å²) in [5.41, 5.74) is 10.9. The zero-order valence-corrected chi connectivity index (χ0v) is 20.8. The highest BCUT2D eigenvalue weighted by molar-refractivity contribution is 5.88. The van der Waals surface area contributed by atoms with Crippen LogP contribution in [0.3, 0.4) is 0 Å². The number of piperidine rings is 1. The Balaban J connectivity index is 1.25. The van der Waals surface area contributed by atoms with Crippen LogP contribution in [0.2, 0.25) is 0 Å². The first kappa shape index (κ1) is 22.2. The van der Waals surface area contributed by atoms with E-state index in [0.717, 1.165) is 72.9 Å². The summed E-state index contributed by atoms with van der Waals surface area (Å²) in [5.74, 6) is 1.96. The number of pyridine rings is 1. The fourth-order valence-corrected chi connectivity index (χ4v) is 5.50. The standard InChI is InChI=1S/C25H33N9O/c1-15(2)34-16(3)27-20-6-5-19(29-23(20)34)18-9-12-33-21(18)22(26)30-24(31-33)28-17-7-10-32(11-8-17)25(4)13-35-14-25/h5-6,9,12,15,17H,7-8,10-11,13-14H2,1-4H3,(H3,26,28,30,31). The van der Waals surface area contributed by atoms with E-state index in [0.29, 0.717) is 17.8 Å². The Bertz CT molecular complexity index is 1390.